The highest BCUT2D eigenvalue weighted by Gasteiger charge is 2.14. The van der Waals surface area contributed by atoms with Crippen molar-refractivity contribution in [3.8, 4) is 0 Å². The van der Waals surface area contributed by atoms with Crippen LogP contribution in [0.1, 0.15) is 44.4 Å². The van der Waals surface area contributed by atoms with Crippen LogP contribution >= 0.6 is 0 Å². The zero-order valence-corrected chi connectivity index (χ0v) is 10.3. The van der Waals surface area contributed by atoms with Crippen molar-refractivity contribution in [1.82, 2.24) is 5.43 Å². The number of para-hydroxylation sites is 1. The van der Waals surface area contributed by atoms with Gasteiger partial charge in [-0.05, 0) is 18.6 Å². The molecule has 0 fully saturated rings. The molecule has 0 aliphatic heterocycles. The van der Waals surface area contributed by atoms with Gasteiger partial charge in [-0.15, -0.1) is 0 Å². The van der Waals surface area contributed by atoms with Crippen molar-refractivity contribution >= 4 is 11.0 Å². The number of benzene rings is 1. The Hall–Kier alpha value is -1.32. The minimum atomic E-state index is 0.119. The van der Waals surface area contributed by atoms with E-state index in [9.17, 15) is 0 Å². The van der Waals surface area contributed by atoms with Gasteiger partial charge in [0.2, 0.25) is 0 Å². The first kappa shape index (κ1) is 12.1. The molecule has 1 aromatic carbocycles. The Morgan fingerprint density at radius 1 is 1.29 bits per heavy atom. The molecule has 0 radical (unpaired) electrons. The van der Waals surface area contributed by atoms with E-state index < -0.39 is 0 Å². The summed E-state index contributed by atoms with van der Waals surface area (Å²) in [4.78, 5) is 0. The summed E-state index contributed by atoms with van der Waals surface area (Å²) in [6.45, 7) is 2.20. The molecule has 0 saturated carbocycles. The molecule has 0 saturated heterocycles. The van der Waals surface area contributed by atoms with Crippen LogP contribution in [0, 0.1) is 0 Å². The van der Waals surface area contributed by atoms with E-state index in [1.54, 1.807) is 0 Å². The Kier molecular flexibility index (Phi) is 4.18. The first-order valence-corrected chi connectivity index (χ1v) is 6.29. The van der Waals surface area contributed by atoms with E-state index in [2.05, 4.69) is 24.5 Å². The van der Waals surface area contributed by atoms with E-state index in [1.807, 2.05) is 18.2 Å². The van der Waals surface area contributed by atoms with Gasteiger partial charge in [0, 0.05) is 5.39 Å². The SMILES string of the molecule is CCCCCC(NN)c1cc2ccccc2o1. The predicted molar refractivity (Wildman–Crippen MR) is 70.4 cm³/mol. The fraction of sp³-hybridized carbons (Fsp3) is 0.429. The van der Waals surface area contributed by atoms with Gasteiger partial charge in [-0.25, -0.2) is 5.43 Å². The molecule has 0 amide bonds. The van der Waals surface area contributed by atoms with Crippen LogP contribution in [0.4, 0.5) is 0 Å². The Labute approximate surface area is 102 Å². The van der Waals surface area contributed by atoms with Gasteiger partial charge >= 0.3 is 0 Å². The van der Waals surface area contributed by atoms with Crippen LogP contribution in [-0.2, 0) is 0 Å². The third kappa shape index (κ3) is 2.87. The van der Waals surface area contributed by atoms with Crippen molar-refractivity contribution in [1.29, 1.82) is 0 Å². The highest BCUT2D eigenvalue weighted by atomic mass is 16.3. The highest BCUT2D eigenvalue weighted by Crippen LogP contribution is 2.26. The zero-order chi connectivity index (χ0) is 12.1. The predicted octanol–water partition coefficient (Wildman–Crippen LogP) is 3.52. The minimum absolute atomic E-state index is 0.119. The summed E-state index contributed by atoms with van der Waals surface area (Å²) in [7, 11) is 0. The molecule has 1 heterocycles. The molecule has 2 rings (SSSR count). The van der Waals surface area contributed by atoms with E-state index in [0.29, 0.717) is 0 Å². The number of rotatable bonds is 6. The van der Waals surface area contributed by atoms with Crippen molar-refractivity contribution in [2.24, 2.45) is 5.84 Å². The summed E-state index contributed by atoms with van der Waals surface area (Å²) >= 11 is 0. The molecular formula is C14H20N2O. The summed E-state index contributed by atoms with van der Waals surface area (Å²) in [6.07, 6.45) is 4.64. The molecule has 0 spiro atoms. The Morgan fingerprint density at radius 2 is 2.12 bits per heavy atom. The van der Waals surface area contributed by atoms with Crippen LogP contribution in [0.5, 0.6) is 0 Å². The lowest BCUT2D eigenvalue weighted by molar-refractivity contribution is 0.404. The normalized spacial score (nSPS) is 13.1. The number of unbranched alkanes of at least 4 members (excludes halogenated alkanes) is 2. The molecule has 3 nitrogen and oxygen atoms in total. The molecule has 0 bridgehead atoms. The molecular weight excluding hydrogens is 212 g/mol. The van der Waals surface area contributed by atoms with Crippen molar-refractivity contribution in [3.05, 3.63) is 36.1 Å². The second kappa shape index (κ2) is 5.84. The van der Waals surface area contributed by atoms with E-state index >= 15 is 0 Å². The van der Waals surface area contributed by atoms with Gasteiger partial charge in [0.25, 0.3) is 0 Å². The lowest BCUT2D eigenvalue weighted by atomic mass is 10.1. The molecule has 0 aliphatic carbocycles. The van der Waals surface area contributed by atoms with Crippen LogP contribution in [-0.4, -0.2) is 0 Å². The van der Waals surface area contributed by atoms with Crippen LogP contribution in [0.3, 0.4) is 0 Å². The maximum atomic E-state index is 5.81. The van der Waals surface area contributed by atoms with Crippen LogP contribution in [0.25, 0.3) is 11.0 Å². The van der Waals surface area contributed by atoms with Crippen LogP contribution < -0.4 is 11.3 Å². The second-order valence-corrected chi connectivity index (χ2v) is 4.40. The number of nitrogens with two attached hydrogens (primary N) is 1. The van der Waals surface area contributed by atoms with Gasteiger partial charge < -0.3 is 4.42 Å². The Bertz CT molecular complexity index is 431. The van der Waals surface area contributed by atoms with Gasteiger partial charge in [-0.3, -0.25) is 5.84 Å². The number of hydrazine groups is 1. The molecule has 1 aromatic heterocycles. The molecule has 1 atom stereocenters. The number of hydrogen-bond donors (Lipinski definition) is 2. The van der Waals surface area contributed by atoms with Crippen molar-refractivity contribution in [3.63, 3.8) is 0 Å². The Morgan fingerprint density at radius 3 is 2.82 bits per heavy atom. The molecule has 92 valence electrons. The van der Waals surface area contributed by atoms with E-state index in [4.69, 9.17) is 10.3 Å². The summed E-state index contributed by atoms with van der Waals surface area (Å²) < 4.78 is 5.81. The highest BCUT2D eigenvalue weighted by molar-refractivity contribution is 5.77. The summed E-state index contributed by atoms with van der Waals surface area (Å²) in [6, 6.07) is 10.2. The van der Waals surface area contributed by atoms with Gasteiger partial charge in [-0.1, -0.05) is 44.4 Å². The lowest BCUT2D eigenvalue weighted by Gasteiger charge is -2.12. The number of nitrogens with one attached hydrogen (secondary N) is 1. The first-order chi connectivity index (χ1) is 8.35. The van der Waals surface area contributed by atoms with Gasteiger partial charge in [0.1, 0.15) is 11.3 Å². The number of furan rings is 1. The largest absolute Gasteiger partial charge is 0.459 e. The molecule has 0 aliphatic rings. The molecule has 3 N–H and O–H groups in total. The third-order valence-corrected chi connectivity index (χ3v) is 3.09. The zero-order valence-electron chi connectivity index (χ0n) is 10.3. The summed E-state index contributed by atoms with van der Waals surface area (Å²) in [5, 5.41) is 1.14. The smallest absolute Gasteiger partial charge is 0.134 e. The molecule has 17 heavy (non-hydrogen) atoms. The number of fused-ring (bicyclic) bond motifs is 1. The standard InChI is InChI=1S/C14H20N2O/c1-2-3-4-8-12(16-15)14-10-11-7-5-6-9-13(11)17-14/h5-7,9-10,12,16H,2-4,8,15H2,1H3. The third-order valence-electron chi connectivity index (χ3n) is 3.09. The average Bonchev–Trinajstić information content (AvgIpc) is 2.78. The van der Waals surface area contributed by atoms with Gasteiger partial charge in [-0.2, -0.15) is 0 Å². The monoisotopic (exact) mass is 232 g/mol. The van der Waals surface area contributed by atoms with Gasteiger partial charge in [0.05, 0.1) is 6.04 Å². The van der Waals surface area contributed by atoms with E-state index in [-0.39, 0.29) is 6.04 Å². The fourth-order valence-electron chi connectivity index (χ4n) is 2.08. The molecule has 1 unspecified atom stereocenters. The minimum Gasteiger partial charge on any atom is -0.459 e. The number of hydrogen-bond acceptors (Lipinski definition) is 3. The summed E-state index contributed by atoms with van der Waals surface area (Å²) in [5.41, 5.74) is 3.77. The topological polar surface area (TPSA) is 51.2 Å². The van der Waals surface area contributed by atoms with Crippen LogP contribution in [0.15, 0.2) is 34.7 Å². The quantitative estimate of drug-likeness (QED) is 0.455. The molecule has 2 aromatic rings. The average molecular weight is 232 g/mol. The lowest BCUT2D eigenvalue weighted by Crippen LogP contribution is -2.27. The second-order valence-electron chi connectivity index (χ2n) is 4.40. The van der Waals surface area contributed by atoms with E-state index in [0.717, 1.165) is 23.2 Å². The Balaban J connectivity index is 2.12. The summed E-state index contributed by atoms with van der Waals surface area (Å²) in [5.74, 6) is 6.53. The van der Waals surface area contributed by atoms with Crippen molar-refractivity contribution in [2.45, 2.75) is 38.6 Å². The van der Waals surface area contributed by atoms with E-state index in [1.165, 1.54) is 19.3 Å². The fourth-order valence-corrected chi connectivity index (χ4v) is 2.08. The molecule has 3 heteroatoms. The van der Waals surface area contributed by atoms with Crippen LogP contribution in [0.2, 0.25) is 0 Å². The van der Waals surface area contributed by atoms with Crippen molar-refractivity contribution in [2.75, 3.05) is 0 Å². The maximum absolute atomic E-state index is 5.81. The van der Waals surface area contributed by atoms with Crippen molar-refractivity contribution < 1.29 is 4.42 Å². The van der Waals surface area contributed by atoms with Gasteiger partial charge in [0.15, 0.2) is 0 Å². The maximum Gasteiger partial charge on any atom is 0.134 e. The first-order valence-electron chi connectivity index (χ1n) is 6.29.